The van der Waals surface area contributed by atoms with Crippen LogP contribution in [0.2, 0.25) is 0 Å². The molecule has 0 aliphatic carbocycles. The summed E-state index contributed by atoms with van der Waals surface area (Å²) < 4.78 is 33.4. The quantitative estimate of drug-likeness (QED) is 0.667. The first-order valence-corrected chi connectivity index (χ1v) is 10.8. The van der Waals surface area contributed by atoms with Gasteiger partial charge in [-0.1, -0.05) is 60.7 Å². The lowest BCUT2D eigenvalue weighted by Gasteiger charge is -2.37. The molecule has 1 saturated heterocycles. The summed E-state index contributed by atoms with van der Waals surface area (Å²) in [6.07, 6.45) is 0.120. The van der Waals surface area contributed by atoms with Gasteiger partial charge in [-0.05, 0) is 29.3 Å². The number of hydrogen-bond donors (Lipinski definition) is 0. The smallest absolute Gasteiger partial charge is 0.268 e. The summed E-state index contributed by atoms with van der Waals surface area (Å²) in [5, 5.41) is 0. The molecule has 0 radical (unpaired) electrons. The van der Waals surface area contributed by atoms with Gasteiger partial charge in [0.1, 0.15) is 11.3 Å². The van der Waals surface area contributed by atoms with E-state index in [2.05, 4.69) is 0 Å². The number of amides is 1. The van der Waals surface area contributed by atoms with Crippen LogP contribution in [0.4, 0.5) is 0 Å². The van der Waals surface area contributed by atoms with Gasteiger partial charge in [0.15, 0.2) is 0 Å². The van der Waals surface area contributed by atoms with Gasteiger partial charge in [-0.15, -0.1) is 0 Å². The molecule has 0 aromatic heterocycles. The molecular formula is C23H19NO4S. The number of benzene rings is 3. The van der Waals surface area contributed by atoms with Crippen molar-refractivity contribution in [3.63, 3.8) is 0 Å². The van der Waals surface area contributed by atoms with Gasteiger partial charge in [-0.3, -0.25) is 4.79 Å². The van der Waals surface area contributed by atoms with Gasteiger partial charge in [0.2, 0.25) is 5.91 Å². The van der Waals surface area contributed by atoms with E-state index in [0.717, 1.165) is 15.4 Å². The van der Waals surface area contributed by atoms with Gasteiger partial charge in [-0.2, -0.15) is 0 Å². The fourth-order valence-corrected chi connectivity index (χ4v) is 6.85. The molecule has 2 aliphatic heterocycles. The molecule has 2 aliphatic rings. The molecule has 0 spiro atoms. The summed E-state index contributed by atoms with van der Waals surface area (Å²) in [6.45, 7) is 0. The Kier molecular flexibility index (Phi) is 3.83. The fraction of sp³-hybridized carbons (Fsp3) is 0.174. The molecule has 5 rings (SSSR count). The third-order valence-electron chi connectivity index (χ3n) is 5.96. The number of fused-ring (bicyclic) bond motifs is 3. The molecule has 1 fully saturated rings. The van der Waals surface area contributed by atoms with Crippen molar-refractivity contribution in [2.45, 2.75) is 22.8 Å². The minimum absolute atomic E-state index is 0.120. The van der Waals surface area contributed by atoms with Crippen LogP contribution in [0.3, 0.4) is 0 Å². The van der Waals surface area contributed by atoms with E-state index in [-0.39, 0.29) is 17.2 Å². The third-order valence-corrected chi connectivity index (χ3v) is 7.84. The van der Waals surface area contributed by atoms with Crippen LogP contribution in [-0.2, 0) is 20.4 Å². The van der Waals surface area contributed by atoms with Crippen molar-refractivity contribution in [3.05, 3.63) is 95.6 Å². The molecule has 6 heteroatoms. The highest BCUT2D eigenvalue weighted by Gasteiger charge is 2.65. The number of rotatable bonds is 3. The van der Waals surface area contributed by atoms with E-state index in [0.29, 0.717) is 11.3 Å². The molecule has 1 amide bonds. The molecule has 0 unspecified atom stereocenters. The lowest BCUT2D eigenvalue weighted by atomic mass is 9.71. The molecule has 2 atom stereocenters. The molecular weight excluding hydrogens is 386 g/mol. The van der Waals surface area contributed by atoms with E-state index in [1.165, 1.54) is 0 Å². The van der Waals surface area contributed by atoms with Crippen molar-refractivity contribution in [1.82, 2.24) is 4.31 Å². The summed E-state index contributed by atoms with van der Waals surface area (Å²) >= 11 is 0. The van der Waals surface area contributed by atoms with Crippen molar-refractivity contribution in [1.29, 1.82) is 0 Å². The van der Waals surface area contributed by atoms with E-state index >= 15 is 0 Å². The van der Waals surface area contributed by atoms with Gasteiger partial charge in [0.25, 0.3) is 10.0 Å². The van der Waals surface area contributed by atoms with Crippen LogP contribution in [0.5, 0.6) is 5.75 Å². The van der Waals surface area contributed by atoms with Crippen molar-refractivity contribution in [3.8, 4) is 5.75 Å². The van der Waals surface area contributed by atoms with Crippen molar-refractivity contribution >= 4 is 15.9 Å². The Morgan fingerprint density at radius 2 is 1.69 bits per heavy atom. The Morgan fingerprint density at radius 3 is 2.45 bits per heavy atom. The predicted octanol–water partition coefficient (Wildman–Crippen LogP) is 3.66. The summed E-state index contributed by atoms with van der Waals surface area (Å²) in [5.74, 6) is -0.121. The summed E-state index contributed by atoms with van der Waals surface area (Å²) in [4.78, 5) is 13.4. The zero-order valence-corrected chi connectivity index (χ0v) is 16.6. The number of carbonyl (C=O) groups is 1. The lowest BCUT2D eigenvalue weighted by Crippen LogP contribution is -2.44. The van der Waals surface area contributed by atoms with Crippen LogP contribution in [0.1, 0.15) is 29.0 Å². The highest BCUT2D eigenvalue weighted by molar-refractivity contribution is 7.90. The Bertz CT molecular complexity index is 1220. The second-order valence-electron chi connectivity index (χ2n) is 7.33. The molecule has 0 bridgehead atoms. The van der Waals surface area contributed by atoms with E-state index in [1.807, 2.05) is 66.7 Å². The number of methoxy groups -OCH3 is 1. The molecule has 0 saturated carbocycles. The summed E-state index contributed by atoms with van der Waals surface area (Å²) in [5.41, 5.74) is 1.15. The topological polar surface area (TPSA) is 63.7 Å². The first-order valence-electron chi connectivity index (χ1n) is 9.38. The first kappa shape index (κ1) is 17.9. The average molecular weight is 405 g/mol. The van der Waals surface area contributed by atoms with Crippen LogP contribution >= 0.6 is 0 Å². The van der Waals surface area contributed by atoms with Gasteiger partial charge in [0, 0.05) is 17.9 Å². The second kappa shape index (κ2) is 6.19. The number of carbonyl (C=O) groups excluding carboxylic acids is 1. The fourth-order valence-electron chi connectivity index (χ4n) is 4.85. The maximum atomic E-state index is 13.5. The molecule has 146 valence electrons. The maximum absolute atomic E-state index is 13.5. The number of nitrogens with zero attached hydrogens (tertiary/aromatic N) is 1. The van der Waals surface area contributed by atoms with Gasteiger partial charge in [-0.25, -0.2) is 12.7 Å². The highest BCUT2D eigenvalue weighted by atomic mass is 32.2. The zero-order chi connectivity index (χ0) is 20.2. The van der Waals surface area contributed by atoms with E-state index in [9.17, 15) is 13.2 Å². The predicted molar refractivity (Wildman–Crippen MR) is 108 cm³/mol. The SMILES string of the molecule is COc1cccc([C@]23c4ccccc4S(=O)(=O)N2C(=O)C[C@@H]3c2ccccc2)c1. The molecule has 3 aromatic carbocycles. The normalized spacial score (nSPS) is 24.2. The molecule has 29 heavy (non-hydrogen) atoms. The van der Waals surface area contributed by atoms with Gasteiger partial charge < -0.3 is 4.74 Å². The number of sulfonamides is 1. The van der Waals surface area contributed by atoms with E-state index in [1.54, 1.807) is 19.2 Å². The Labute approximate surface area is 169 Å². The van der Waals surface area contributed by atoms with Crippen LogP contribution in [0.15, 0.2) is 83.8 Å². The van der Waals surface area contributed by atoms with Crippen LogP contribution in [-0.4, -0.2) is 25.7 Å². The third kappa shape index (κ3) is 2.26. The van der Waals surface area contributed by atoms with Crippen molar-refractivity contribution < 1.29 is 17.9 Å². The number of ether oxygens (including phenoxy) is 1. The first-order chi connectivity index (χ1) is 14.0. The molecule has 0 N–H and O–H groups in total. The van der Waals surface area contributed by atoms with Crippen LogP contribution in [0, 0.1) is 0 Å². The van der Waals surface area contributed by atoms with Crippen molar-refractivity contribution in [2.24, 2.45) is 0 Å². The zero-order valence-electron chi connectivity index (χ0n) is 15.8. The minimum Gasteiger partial charge on any atom is -0.497 e. The average Bonchev–Trinajstić information content (AvgIpc) is 3.19. The second-order valence-corrected chi connectivity index (χ2v) is 9.08. The molecule has 5 nitrogen and oxygen atoms in total. The van der Waals surface area contributed by atoms with Crippen LogP contribution in [0.25, 0.3) is 0 Å². The highest BCUT2D eigenvalue weighted by Crippen LogP contribution is 2.60. The Hall–Kier alpha value is -3.12. The standard InChI is InChI=1S/C23H19NO4S/c1-28-18-11-7-10-17(14-18)23-19-12-5-6-13-21(19)29(26,27)24(23)22(25)15-20(23)16-8-3-2-4-9-16/h2-14,20H,15H2,1H3/t20-,23-/m1/s1. The minimum atomic E-state index is -3.96. The molecule has 2 heterocycles. The van der Waals surface area contributed by atoms with Crippen molar-refractivity contribution in [2.75, 3.05) is 7.11 Å². The summed E-state index contributed by atoms with van der Waals surface area (Å²) in [7, 11) is -2.38. The van der Waals surface area contributed by atoms with Gasteiger partial charge in [0.05, 0.1) is 12.0 Å². The largest absolute Gasteiger partial charge is 0.497 e. The Balaban J connectivity index is 1.91. The van der Waals surface area contributed by atoms with E-state index in [4.69, 9.17) is 4.74 Å². The van der Waals surface area contributed by atoms with Gasteiger partial charge >= 0.3 is 0 Å². The molecule has 3 aromatic rings. The summed E-state index contributed by atoms with van der Waals surface area (Å²) in [6, 6.07) is 23.9. The Morgan fingerprint density at radius 1 is 0.966 bits per heavy atom. The lowest BCUT2D eigenvalue weighted by molar-refractivity contribution is -0.125. The number of hydrogen-bond acceptors (Lipinski definition) is 4. The van der Waals surface area contributed by atoms with Crippen LogP contribution < -0.4 is 4.74 Å². The monoisotopic (exact) mass is 405 g/mol. The maximum Gasteiger partial charge on any atom is 0.268 e. The van der Waals surface area contributed by atoms with E-state index < -0.39 is 21.5 Å².